The molecule has 4 aliphatic rings. The first-order valence-electron chi connectivity index (χ1n) is 14.5. The first kappa shape index (κ1) is 27.7. The molecule has 0 spiro atoms. The van der Waals surface area contributed by atoms with Gasteiger partial charge in [0.15, 0.2) is 9.84 Å². The van der Waals surface area contributed by atoms with Crippen molar-refractivity contribution in [1.82, 2.24) is 9.80 Å². The Morgan fingerprint density at radius 1 is 0.889 bits per heavy atom. The summed E-state index contributed by atoms with van der Waals surface area (Å²) in [6.45, 7) is 8.17. The molecule has 3 aliphatic carbocycles. The van der Waals surface area contributed by atoms with Gasteiger partial charge in [-0.05, 0) is 95.3 Å². The molecule has 2 amide bonds. The highest BCUT2D eigenvalue weighted by Crippen LogP contribution is 2.44. The van der Waals surface area contributed by atoms with Crippen LogP contribution in [0, 0.1) is 17.8 Å². The van der Waals surface area contributed by atoms with Gasteiger partial charge in [-0.15, -0.1) is 0 Å². The van der Waals surface area contributed by atoms with Gasteiger partial charge in [0, 0.05) is 19.5 Å². The Kier molecular flexibility index (Phi) is 8.94. The third-order valence-corrected chi connectivity index (χ3v) is 12.0. The average Bonchev–Trinajstić information content (AvgIpc) is 2.83. The third kappa shape index (κ3) is 6.21. The lowest BCUT2D eigenvalue weighted by Crippen LogP contribution is -2.67. The van der Waals surface area contributed by atoms with Crippen molar-refractivity contribution in [2.24, 2.45) is 17.8 Å². The highest BCUT2D eigenvalue weighted by atomic mass is 32.2. The number of hydrogen-bond donors (Lipinski definition) is 0. The predicted molar refractivity (Wildman–Crippen MR) is 141 cm³/mol. The zero-order valence-corrected chi connectivity index (χ0v) is 23.7. The van der Waals surface area contributed by atoms with Crippen molar-refractivity contribution in [3.05, 3.63) is 0 Å². The summed E-state index contributed by atoms with van der Waals surface area (Å²) >= 11 is 0. The summed E-state index contributed by atoms with van der Waals surface area (Å²) in [5.41, 5.74) is 0. The van der Waals surface area contributed by atoms with Crippen LogP contribution in [-0.4, -0.2) is 72.0 Å². The minimum absolute atomic E-state index is 0.0117. The molecule has 36 heavy (non-hydrogen) atoms. The largest absolute Gasteiger partial charge is 0.446 e. The van der Waals surface area contributed by atoms with Crippen LogP contribution in [0.5, 0.6) is 0 Å². The Balaban J connectivity index is 1.43. The van der Waals surface area contributed by atoms with Crippen LogP contribution in [0.3, 0.4) is 0 Å². The van der Waals surface area contributed by atoms with Gasteiger partial charge in [-0.1, -0.05) is 20.3 Å². The van der Waals surface area contributed by atoms with Crippen molar-refractivity contribution in [2.75, 3.05) is 12.3 Å². The molecular formula is C28H48N2O5S. The van der Waals surface area contributed by atoms with E-state index in [1.165, 1.54) is 6.42 Å². The lowest BCUT2D eigenvalue weighted by atomic mass is 9.69. The van der Waals surface area contributed by atoms with Gasteiger partial charge in [-0.25, -0.2) is 13.2 Å². The zero-order valence-electron chi connectivity index (χ0n) is 22.9. The second-order valence-electron chi connectivity index (χ2n) is 12.5. The second-order valence-corrected chi connectivity index (χ2v) is 14.9. The van der Waals surface area contributed by atoms with Gasteiger partial charge >= 0.3 is 6.09 Å². The minimum atomic E-state index is -3.03. The van der Waals surface area contributed by atoms with E-state index in [0.717, 1.165) is 70.6 Å². The molecule has 0 aromatic heterocycles. The number of carbonyl (C=O) groups is 2. The van der Waals surface area contributed by atoms with Crippen LogP contribution in [0.1, 0.15) is 105 Å². The summed E-state index contributed by atoms with van der Waals surface area (Å²) in [6, 6.07) is 0.0207. The summed E-state index contributed by atoms with van der Waals surface area (Å²) < 4.78 is 31.6. The van der Waals surface area contributed by atoms with Gasteiger partial charge in [0.1, 0.15) is 6.10 Å². The standard InChI is InChI=1S/C28H48N2O5S/c1-19(2)18-36(33,34)25-13-10-22(11-14-25)23-12-15-26-27(16-23)29(17-20(3)30(26)21(4)31)28(32)35-24-8-6-5-7-9-24/h19-20,22-27H,5-18H2,1-4H3/t20-,22?,23?,25?,26?,27?/m0/s1. The van der Waals surface area contributed by atoms with Crippen molar-refractivity contribution < 1.29 is 22.7 Å². The van der Waals surface area contributed by atoms with Crippen LogP contribution in [0.2, 0.25) is 0 Å². The topological polar surface area (TPSA) is 84.0 Å². The van der Waals surface area contributed by atoms with Gasteiger partial charge in [-0.2, -0.15) is 0 Å². The van der Waals surface area contributed by atoms with Crippen molar-refractivity contribution in [3.8, 4) is 0 Å². The van der Waals surface area contributed by atoms with E-state index < -0.39 is 9.84 Å². The number of amides is 2. The molecule has 1 saturated heterocycles. The van der Waals surface area contributed by atoms with E-state index in [4.69, 9.17) is 4.74 Å². The normalized spacial score (nSPS) is 34.4. The summed E-state index contributed by atoms with van der Waals surface area (Å²) in [6.07, 6.45) is 11.4. The lowest BCUT2D eigenvalue weighted by molar-refractivity contribution is -0.143. The van der Waals surface area contributed by atoms with Gasteiger partial charge in [0.05, 0.1) is 23.1 Å². The highest BCUT2D eigenvalue weighted by molar-refractivity contribution is 7.92. The Labute approximate surface area is 218 Å². The minimum Gasteiger partial charge on any atom is -0.446 e. The summed E-state index contributed by atoms with van der Waals surface area (Å²) in [4.78, 5) is 29.9. The third-order valence-electron chi connectivity index (χ3n) is 9.39. The summed E-state index contributed by atoms with van der Waals surface area (Å²) in [5.74, 6) is 1.50. The van der Waals surface area contributed by atoms with Gasteiger partial charge < -0.3 is 14.5 Å². The van der Waals surface area contributed by atoms with Crippen LogP contribution < -0.4 is 0 Å². The van der Waals surface area contributed by atoms with Gasteiger partial charge in [0.2, 0.25) is 5.91 Å². The van der Waals surface area contributed by atoms with Crippen LogP contribution in [0.25, 0.3) is 0 Å². The van der Waals surface area contributed by atoms with Crippen LogP contribution in [-0.2, 0) is 19.4 Å². The first-order chi connectivity index (χ1) is 17.1. The number of hydrogen-bond acceptors (Lipinski definition) is 5. The molecule has 3 saturated carbocycles. The Hall–Kier alpha value is -1.31. The average molecular weight is 525 g/mol. The molecule has 4 fully saturated rings. The molecule has 0 bridgehead atoms. The number of nitrogens with zero attached hydrogens (tertiary/aromatic N) is 2. The molecule has 1 heterocycles. The zero-order chi connectivity index (χ0) is 26.0. The smallest absolute Gasteiger partial charge is 0.410 e. The van der Waals surface area contributed by atoms with E-state index in [-0.39, 0.29) is 53.2 Å². The monoisotopic (exact) mass is 524 g/mol. The molecule has 0 aromatic rings. The maximum absolute atomic E-state index is 13.4. The fourth-order valence-electron chi connectivity index (χ4n) is 7.75. The number of carbonyl (C=O) groups excluding carboxylic acids is 2. The maximum atomic E-state index is 13.4. The number of ether oxygens (including phenoxy) is 1. The molecule has 7 nitrogen and oxygen atoms in total. The molecular weight excluding hydrogens is 476 g/mol. The number of sulfone groups is 1. The Morgan fingerprint density at radius 2 is 1.53 bits per heavy atom. The lowest BCUT2D eigenvalue weighted by Gasteiger charge is -2.54. The van der Waals surface area contributed by atoms with Crippen molar-refractivity contribution >= 4 is 21.8 Å². The van der Waals surface area contributed by atoms with Gasteiger partial charge in [0.25, 0.3) is 0 Å². The summed E-state index contributed by atoms with van der Waals surface area (Å²) in [5, 5.41) is -0.196. The molecule has 0 radical (unpaired) electrons. The van der Waals surface area contributed by atoms with Crippen molar-refractivity contribution in [1.29, 1.82) is 0 Å². The number of fused-ring (bicyclic) bond motifs is 1. The molecule has 0 N–H and O–H groups in total. The van der Waals surface area contributed by atoms with E-state index in [0.29, 0.717) is 18.4 Å². The van der Waals surface area contributed by atoms with E-state index in [1.54, 1.807) is 6.92 Å². The van der Waals surface area contributed by atoms with Crippen LogP contribution >= 0.6 is 0 Å². The van der Waals surface area contributed by atoms with Crippen molar-refractivity contribution in [2.45, 2.75) is 134 Å². The van der Waals surface area contributed by atoms with E-state index in [9.17, 15) is 18.0 Å². The van der Waals surface area contributed by atoms with E-state index in [2.05, 4.69) is 0 Å². The summed E-state index contributed by atoms with van der Waals surface area (Å²) in [7, 11) is -3.03. The number of piperazine rings is 1. The molecule has 4 rings (SSSR count). The molecule has 206 valence electrons. The fraction of sp³-hybridized carbons (Fsp3) is 0.929. The highest BCUT2D eigenvalue weighted by Gasteiger charge is 2.48. The molecule has 1 aliphatic heterocycles. The van der Waals surface area contributed by atoms with Crippen LogP contribution in [0.15, 0.2) is 0 Å². The fourth-order valence-corrected chi connectivity index (χ4v) is 9.94. The van der Waals surface area contributed by atoms with Gasteiger partial charge in [-0.3, -0.25) is 4.79 Å². The molecule has 4 atom stereocenters. The van der Waals surface area contributed by atoms with E-state index in [1.807, 2.05) is 30.6 Å². The second kappa shape index (κ2) is 11.6. The Morgan fingerprint density at radius 3 is 2.14 bits per heavy atom. The number of rotatable bonds is 5. The molecule has 3 unspecified atom stereocenters. The van der Waals surface area contributed by atoms with Crippen LogP contribution in [0.4, 0.5) is 4.79 Å². The quantitative estimate of drug-likeness (QED) is 0.495. The predicted octanol–water partition coefficient (Wildman–Crippen LogP) is 5.18. The van der Waals surface area contributed by atoms with Crippen molar-refractivity contribution in [3.63, 3.8) is 0 Å². The first-order valence-corrected chi connectivity index (χ1v) is 16.3. The maximum Gasteiger partial charge on any atom is 0.410 e. The SMILES string of the molecule is CC(=O)N1C2CCC(C3CCC(S(=O)(=O)CC(C)C)CC3)CC2N(C(=O)OC2CCCCC2)C[C@@H]1C. The van der Waals surface area contributed by atoms with E-state index >= 15 is 0 Å². The molecule has 0 aromatic carbocycles. The Bertz CT molecular complexity index is 876. The molecule has 8 heteroatoms.